The minimum Gasteiger partial charge on any atom is -0.495 e. The number of nitrogens with zero attached hydrogens (tertiary/aromatic N) is 1. The molecule has 0 aliphatic heterocycles. The molecule has 1 aromatic heterocycles. The van der Waals surface area contributed by atoms with E-state index in [1.165, 1.54) is 19.2 Å². The second kappa shape index (κ2) is 6.91. The molecule has 0 atom stereocenters. The minimum atomic E-state index is -3.95. The monoisotopic (exact) mass is 374 g/mol. The van der Waals surface area contributed by atoms with Crippen LogP contribution in [0.3, 0.4) is 0 Å². The van der Waals surface area contributed by atoms with E-state index in [1.54, 1.807) is 13.0 Å². The summed E-state index contributed by atoms with van der Waals surface area (Å²) in [6, 6.07) is 5.40. The van der Waals surface area contributed by atoms with Crippen molar-refractivity contribution in [3.05, 3.63) is 35.7 Å². The van der Waals surface area contributed by atoms with Crippen molar-refractivity contribution in [2.75, 3.05) is 19.9 Å². The Morgan fingerprint density at radius 2 is 1.92 bits per heavy atom. The summed E-state index contributed by atoms with van der Waals surface area (Å²) in [6.45, 7) is 1.82. The van der Waals surface area contributed by atoms with E-state index >= 15 is 0 Å². The van der Waals surface area contributed by atoms with Gasteiger partial charge in [-0.15, -0.1) is 0 Å². The second-order valence-corrected chi connectivity index (χ2v) is 8.91. The predicted octanol–water partition coefficient (Wildman–Crippen LogP) is 0.916. The first-order valence-electron chi connectivity index (χ1n) is 6.93. The number of sulfone groups is 1. The molecule has 10 heteroatoms. The fourth-order valence-electron chi connectivity index (χ4n) is 2.02. The Labute approximate surface area is 140 Å². The summed E-state index contributed by atoms with van der Waals surface area (Å²) >= 11 is 0. The zero-order valence-corrected chi connectivity index (χ0v) is 15.1. The summed E-state index contributed by atoms with van der Waals surface area (Å²) in [5.74, 6) is 0.697. The van der Waals surface area contributed by atoms with Crippen LogP contribution in [0.4, 0.5) is 0 Å². The number of hydrogen-bond acceptors (Lipinski definition) is 7. The van der Waals surface area contributed by atoms with Gasteiger partial charge in [0.25, 0.3) is 0 Å². The van der Waals surface area contributed by atoms with Gasteiger partial charge in [-0.25, -0.2) is 21.6 Å². The summed E-state index contributed by atoms with van der Waals surface area (Å²) in [4.78, 5) is -0.333. The molecule has 0 saturated carbocycles. The van der Waals surface area contributed by atoms with Gasteiger partial charge in [0.1, 0.15) is 16.4 Å². The Balaban J connectivity index is 2.24. The van der Waals surface area contributed by atoms with E-state index in [4.69, 9.17) is 9.26 Å². The molecule has 0 saturated heterocycles. The summed E-state index contributed by atoms with van der Waals surface area (Å²) in [5.41, 5.74) is 0.618. The molecule has 0 aliphatic rings. The van der Waals surface area contributed by atoms with E-state index in [2.05, 4.69) is 9.88 Å². The van der Waals surface area contributed by atoms with Gasteiger partial charge in [0.2, 0.25) is 10.0 Å². The summed E-state index contributed by atoms with van der Waals surface area (Å²) in [6.07, 6.45) is 1.34. The van der Waals surface area contributed by atoms with Crippen molar-refractivity contribution in [2.24, 2.45) is 0 Å². The van der Waals surface area contributed by atoms with Crippen molar-refractivity contribution in [2.45, 2.75) is 23.1 Å². The lowest BCUT2D eigenvalue weighted by Crippen LogP contribution is -2.26. The summed E-state index contributed by atoms with van der Waals surface area (Å²) < 4.78 is 60.5. The Kier molecular flexibility index (Phi) is 5.31. The van der Waals surface area contributed by atoms with Gasteiger partial charge < -0.3 is 9.26 Å². The molecule has 2 rings (SSSR count). The van der Waals surface area contributed by atoms with Crippen molar-refractivity contribution >= 4 is 19.9 Å². The Morgan fingerprint density at radius 1 is 1.21 bits per heavy atom. The molecule has 24 heavy (non-hydrogen) atoms. The third-order valence-corrected chi connectivity index (χ3v) is 5.80. The maximum absolute atomic E-state index is 12.5. The molecular weight excluding hydrogens is 356 g/mol. The van der Waals surface area contributed by atoms with Crippen molar-refractivity contribution in [3.63, 3.8) is 0 Å². The number of ether oxygens (including phenoxy) is 1. The summed E-state index contributed by atoms with van der Waals surface area (Å²) in [7, 11) is -6.18. The highest BCUT2D eigenvalue weighted by atomic mass is 32.2. The molecule has 0 spiro atoms. The van der Waals surface area contributed by atoms with Crippen LogP contribution in [-0.2, 0) is 26.3 Å². The van der Waals surface area contributed by atoms with Crippen LogP contribution in [0.25, 0.3) is 0 Å². The number of aromatic nitrogens is 1. The smallest absolute Gasteiger partial charge is 0.244 e. The lowest BCUT2D eigenvalue weighted by atomic mass is 10.3. The van der Waals surface area contributed by atoms with Crippen LogP contribution >= 0.6 is 0 Å². The minimum absolute atomic E-state index is 0.0622. The molecule has 0 radical (unpaired) electrons. The predicted molar refractivity (Wildman–Crippen MR) is 86.2 cm³/mol. The quantitative estimate of drug-likeness (QED) is 0.766. The van der Waals surface area contributed by atoms with E-state index in [9.17, 15) is 16.8 Å². The van der Waals surface area contributed by atoms with Gasteiger partial charge in [0.05, 0.1) is 17.7 Å². The molecule has 2 aromatic rings. The molecule has 132 valence electrons. The second-order valence-electron chi connectivity index (χ2n) is 5.16. The molecule has 1 heterocycles. The van der Waals surface area contributed by atoms with Crippen LogP contribution < -0.4 is 9.46 Å². The fourth-order valence-corrected chi connectivity index (χ4v) is 3.97. The molecular formula is C14H18N2O6S2. The number of sulfonamides is 1. The van der Waals surface area contributed by atoms with Crippen LogP contribution in [0, 0.1) is 6.92 Å². The zero-order valence-electron chi connectivity index (χ0n) is 13.4. The van der Waals surface area contributed by atoms with E-state index < -0.39 is 19.9 Å². The number of aryl methyl sites for hydroxylation is 1. The third kappa shape index (κ3) is 4.34. The fraction of sp³-hybridized carbons (Fsp3) is 0.357. The van der Waals surface area contributed by atoms with Gasteiger partial charge >= 0.3 is 0 Å². The number of benzene rings is 1. The van der Waals surface area contributed by atoms with E-state index in [1.807, 2.05) is 0 Å². The van der Waals surface area contributed by atoms with Crippen molar-refractivity contribution in [1.29, 1.82) is 0 Å². The lowest BCUT2D eigenvalue weighted by molar-refractivity contribution is 0.390. The Hall–Kier alpha value is -1.91. The van der Waals surface area contributed by atoms with Crippen LogP contribution in [0.15, 0.2) is 38.6 Å². The van der Waals surface area contributed by atoms with Crippen molar-refractivity contribution in [1.82, 2.24) is 9.88 Å². The third-order valence-electron chi connectivity index (χ3n) is 3.20. The number of hydrogen-bond donors (Lipinski definition) is 1. The molecule has 0 fully saturated rings. The molecule has 1 N–H and O–H groups in total. The average Bonchev–Trinajstić information content (AvgIpc) is 2.91. The number of rotatable bonds is 7. The van der Waals surface area contributed by atoms with Crippen LogP contribution in [0.5, 0.6) is 5.75 Å². The Morgan fingerprint density at radius 3 is 2.46 bits per heavy atom. The molecule has 0 unspecified atom stereocenters. The molecule has 0 amide bonds. The topological polar surface area (TPSA) is 116 Å². The molecule has 0 aliphatic carbocycles. The van der Waals surface area contributed by atoms with E-state index in [0.29, 0.717) is 17.9 Å². The maximum Gasteiger partial charge on any atom is 0.244 e. The number of methoxy groups -OCH3 is 1. The van der Waals surface area contributed by atoms with Crippen molar-refractivity contribution < 1.29 is 26.1 Å². The molecule has 1 aromatic carbocycles. The van der Waals surface area contributed by atoms with Gasteiger partial charge in [-0.3, -0.25) is 0 Å². The maximum atomic E-state index is 12.5. The van der Waals surface area contributed by atoms with Crippen LogP contribution in [0.2, 0.25) is 0 Å². The van der Waals surface area contributed by atoms with Crippen LogP contribution in [0.1, 0.15) is 11.5 Å². The van der Waals surface area contributed by atoms with Gasteiger partial charge in [0.15, 0.2) is 9.84 Å². The highest BCUT2D eigenvalue weighted by Gasteiger charge is 2.22. The standard InChI is InChI=1S/C14H18N2O6S2/c1-10-8-11(16-22-10)6-7-15-24(19,20)14-9-12(23(3,17)18)4-5-13(14)21-2/h4-5,8-9,15H,6-7H2,1-3H3. The van der Waals surface area contributed by atoms with Gasteiger partial charge in [-0.05, 0) is 25.1 Å². The van der Waals surface area contributed by atoms with Crippen LogP contribution in [-0.4, -0.2) is 41.9 Å². The largest absolute Gasteiger partial charge is 0.495 e. The van der Waals surface area contributed by atoms with E-state index in [0.717, 1.165) is 12.3 Å². The zero-order chi connectivity index (χ0) is 18.0. The first-order valence-corrected chi connectivity index (χ1v) is 10.3. The summed E-state index contributed by atoms with van der Waals surface area (Å²) in [5, 5.41) is 3.77. The highest BCUT2D eigenvalue weighted by Crippen LogP contribution is 2.26. The highest BCUT2D eigenvalue weighted by molar-refractivity contribution is 7.91. The Bertz CT molecular complexity index is 932. The first kappa shape index (κ1) is 18.4. The van der Waals surface area contributed by atoms with E-state index in [-0.39, 0.29) is 22.1 Å². The molecule has 8 nitrogen and oxygen atoms in total. The van der Waals surface area contributed by atoms with Crippen molar-refractivity contribution in [3.8, 4) is 5.75 Å². The van der Waals surface area contributed by atoms with Gasteiger partial charge in [-0.1, -0.05) is 5.16 Å². The lowest BCUT2D eigenvalue weighted by Gasteiger charge is -2.11. The number of nitrogens with one attached hydrogen (secondary N) is 1. The molecule has 0 bridgehead atoms. The normalized spacial score (nSPS) is 12.3. The van der Waals surface area contributed by atoms with Gasteiger partial charge in [-0.2, -0.15) is 0 Å². The first-order chi connectivity index (χ1) is 11.1. The van der Waals surface area contributed by atoms with Gasteiger partial charge in [0, 0.05) is 25.3 Å². The SMILES string of the molecule is COc1ccc(S(C)(=O)=O)cc1S(=O)(=O)NCCc1cc(C)on1. The average molecular weight is 374 g/mol.